The van der Waals surface area contributed by atoms with Crippen molar-refractivity contribution < 1.29 is 4.57 Å². The van der Waals surface area contributed by atoms with Crippen molar-refractivity contribution in [1.82, 2.24) is 4.67 Å². The van der Waals surface area contributed by atoms with Crippen LogP contribution in [0.1, 0.15) is 20.3 Å². The van der Waals surface area contributed by atoms with Crippen LogP contribution < -0.4 is 15.1 Å². The Morgan fingerprint density at radius 1 is 0.871 bits per heavy atom. The molecule has 0 aliphatic carbocycles. The molecule has 4 heteroatoms. The van der Waals surface area contributed by atoms with Crippen molar-refractivity contribution in [3.63, 3.8) is 0 Å². The average Bonchev–Trinajstić information content (AvgIpc) is 2.81. The Morgan fingerprint density at radius 2 is 1.35 bits per heavy atom. The van der Waals surface area contributed by atoms with Crippen LogP contribution in [0.3, 0.4) is 0 Å². The SMILES string of the molecule is C=CCN(C(C[Se]c1ccccc1)CC(C)C)P(=O)(c1ccccc1)c1ccccc1. The second-order valence-corrected chi connectivity index (χ2v) is 13.1. The fourth-order valence-corrected chi connectivity index (χ4v) is 9.34. The first-order valence-electron chi connectivity index (χ1n) is 10.8. The van der Waals surface area contributed by atoms with Crippen LogP contribution in [0, 0.1) is 5.92 Å². The molecule has 2 nitrogen and oxygen atoms in total. The van der Waals surface area contributed by atoms with Crippen molar-refractivity contribution in [3.8, 4) is 0 Å². The van der Waals surface area contributed by atoms with Crippen LogP contribution in [0.2, 0.25) is 5.32 Å². The second kappa shape index (κ2) is 11.7. The van der Waals surface area contributed by atoms with Gasteiger partial charge in [-0.25, -0.2) is 0 Å². The molecule has 0 fully saturated rings. The first-order chi connectivity index (χ1) is 15.1. The molecule has 0 aliphatic heterocycles. The van der Waals surface area contributed by atoms with E-state index in [-0.39, 0.29) is 6.04 Å². The number of nitrogens with zero attached hydrogens (tertiary/aromatic N) is 1. The minimum absolute atomic E-state index is 0.212. The zero-order chi connectivity index (χ0) is 22.1. The summed E-state index contributed by atoms with van der Waals surface area (Å²) in [5.41, 5.74) is 0. The Hall–Kier alpha value is -1.89. The van der Waals surface area contributed by atoms with E-state index in [2.05, 4.69) is 55.4 Å². The molecule has 3 rings (SSSR count). The zero-order valence-electron chi connectivity index (χ0n) is 18.4. The summed E-state index contributed by atoms with van der Waals surface area (Å²) >= 11 is 0.318. The molecule has 0 N–H and O–H groups in total. The Morgan fingerprint density at radius 3 is 1.81 bits per heavy atom. The topological polar surface area (TPSA) is 20.3 Å². The van der Waals surface area contributed by atoms with E-state index >= 15 is 4.57 Å². The monoisotopic (exact) mass is 497 g/mol. The van der Waals surface area contributed by atoms with Gasteiger partial charge in [-0.15, -0.1) is 0 Å². The second-order valence-electron chi connectivity index (χ2n) is 8.07. The van der Waals surface area contributed by atoms with Gasteiger partial charge < -0.3 is 0 Å². The van der Waals surface area contributed by atoms with E-state index in [1.165, 1.54) is 4.46 Å². The van der Waals surface area contributed by atoms with Gasteiger partial charge in [0, 0.05) is 0 Å². The molecule has 0 amide bonds. The third-order valence-corrected chi connectivity index (χ3v) is 10.9. The molecule has 3 aromatic carbocycles. The summed E-state index contributed by atoms with van der Waals surface area (Å²) in [7, 11) is -3.01. The van der Waals surface area contributed by atoms with Crippen molar-refractivity contribution in [3.05, 3.63) is 104 Å². The molecular formula is C27H32NOPSe. The van der Waals surface area contributed by atoms with Crippen LogP contribution in [-0.4, -0.2) is 32.2 Å². The van der Waals surface area contributed by atoms with Crippen LogP contribution in [0.5, 0.6) is 0 Å². The Kier molecular flexibility index (Phi) is 8.93. The molecule has 0 aromatic heterocycles. The van der Waals surface area contributed by atoms with Gasteiger partial charge in [-0.3, -0.25) is 0 Å². The van der Waals surface area contributed by atoms with Crippen molar-refractivity contribution >= 4 is 37.3 Å². The zero-order valence-corrected chi connectivity index (χ0v) is 21.0. The number of rotatable bonds is 11. The maximum atomic E-state index is 15.0. The minimum atomic E-state index is -3.01. The number of benzene rings is 3. The third-order valence-electron chi connectivity index (χ3n) is 5.24. The summed E-state index contributed by atoms with van der Waals surface area (Å²) in [4.78, 5) is 0. The molecule has 1 atom stereocenters. The van der Waals surface area contributed by atoms with E-state index in [0.717, 1.165) is 22.3 Å². The van der Waals surface area contributed by atoms with Crippen LogP contribution in [-0.2, 0) is 4.57 Å². The van der Waals surface area contributed by atoms with Gasteiger partial charge in [0.05, 0.1) is 0 Å². The van der Waals surface area contributed by atoms with Gasteiger partial charge in [0.1, 0.15) is 0 Å². The van der Waals surface area contributed by atoms with Gasteiger partial charge in [-0.2, -0.15) is 0 Å². The molecule has 162 valence electrons. The van der Waals surface area contributed by atoms with E-state index in [1.54, 1.807) is 0 Å². The summed E-state index contributed by atoms with van der Waals surface area (Å²) < 4.78 is 18.7. The summed E-state index contributed by atoms with van der Waals surface area (Å²) in [6.45, 7) is 9.13. The number of hydrogen-bond donors (Lipinski definition) is 0. The molecule has 3 aromatic rings. The molecule has 1 unspecified atom stereocenters. The van der Waals surface area contributed by atoms with Gasteiger partial charge in [0.15, 0.2) is 0 Å². The molecule has 0 saturated carbocycles. The summed E-state index contributed by atoms with van der Waals surface area (Å²) in [6, 6.07) is 30.9. The van der Waals surface area contributed by atoms with Crippen molar-refractivity contribution in [2.75, 3.05) is 6.54 Å². The van der Waals surface area contributed by atoms with E-state index in [0.29, 0.717) is 27.4 Å². The van der Waals surface area contributed by atoms with Gasteiger partial charge >= 0.3 is 194 Å². The molecule has 0 radical (unpaired) electrons. The molecule has 0 saturated heterocycles. The summed E-state index contributed by atoms with van der Waals surface area (Å²) in [5, 5.41) is 2.81. The van der Waals surface area contributed by atoms with E-state index in [1.807, 2.05) is 66.7 Å². The first-order valence-corrected chi connectivity index (χ1v) is 14.6. The standard InChI is InChI=1S/C27H32NOPSe/c1-4-20-28(24(21-23(2)3)22-31-27-18-12-7-13-19-27)30(29,25-14-8-5-9-15-25)26-16-10-6-11-17-26/h4-19,23-24H,1,20-22H2,2-3H3. The Bertz CT molecular complexity index is 932. The maximum absolute atomic E-state index is 15.0. The van der Waals surface area contributed by atoms with Gasteiger partial charge in [-0.1, -0.05) is 0 Å². The first kappa shape index (κ1) is 23.8. The molecular weight excluding hydrogens is 464 g/mol. The van der Waals surface area contributed by atoms with Crippen LogP contribution in [0.15, 0.2) is 104 Å². The molecule has 0 bridgehead atoms. The van der Waals surface area contributed by atoms with E-state index in [9.17, 15) is 0 Å². The predicted molar refractivity (Wildman–Crippen MR) is 137 cm³/mol. The predicted octanol–water partition coefficient (Wildman–Crippen LogP) is 5.27. The quantitative estimate of drug-likeness (QED) is 0.205. The van der Waals surface area contributed by atoms with Gasteiger partial charge in [0.2, 0.25) is 0 Å². The van der Waals surface area contributed by atoms with Gasteiger partial charge in [0.25, 0.3) is 0 Å². The van der Waals surface area contributed by atoms with Crippen LogP contribution >= 0.6 is 7.29 Å². The van der Waals surface area contributed by atoms with Gasteiger partial charge in [-0.05, 0) is 0 Å². The van der Waals surface area contributed by atoms with Crippen molar-refractivity contribution in [2.24, 2.45) is 5.92 Å². The fraction of sp³-hybridized carbons (Fsp3) is 0.259. The molecule has 0 aliphatic rings. The summed E-state index contributed by atoms with van der Waals surface area (Å²) in [5.74, 6) is 0.517. The number of hydrogen-bond acceptors (Lipinski definition) is 1. The normalized spacial score (nSPS) is 12.8. The van der Waals surface area contributed by atoms with E-state index < -0.39 is 7.29 Å². The molecule has 0 heterocycles. The third kappa shape index (κ3) is 6.09. The summed E-state index contributed by atoms with van der Waals surface area (Å²) in [6.07, 6.45) is 2.91. The van der Waals surface area contributed by atoms with Crippen LogP contribution in [0.4, 0.5) is 0 Å². The van der Waals surface area contributed by atoms with Crippen molar-refractivity contribution in [1.29, 1.82) is 0 Å². The van der Waals surface area contributed by atoms with Crippen molar-refractivity contribution in [2.45, 2.75) is 31.6 Å². The average molecular weight is 496 g/mol. The Balaban J connectivity index is 2.06. The fourth-order valence-electron chi connectivity index (χ4n) is 3.86. The van der Waals surface area contributed by atoms with E-state index in [4.69, 9.17) is 0 Å². The Labute approximate surface area is 194 Å². The van der Waals surface area contributed by atoms with Crippen LogP contribution in [0.25, 0.3) is 0 Å². The molecule has 31 heavy (non-hydrogen) atoms. The molecule has 0 spiro atoms.